The van der Waals surface area contributed by atoms with Crippen molar-refractivity contribution in [3.8, 4) is 0 Å². The first-order valence-corrected chi connectivity index (χ1v) is 8.46. The summed E-state index contributed by atoms with van der Waals surface area (Å²) >= 11 is 0. The summed E-state index contributed by atoms with van der Waals surface area (Å²) in [6.45, 7) is 3.47. The van der Waals surface area contributed by atoms with Crippen LogP contribution in [0.3, 0.4) is 0 Å². The van der Waals surface area contributed by atoms with Crippen molar-refractivity contribution >= 4 is 17.5 Å². The third-order valence-electron chi connectivity index (χ3n) is 4.20. The van der Waals surface area contributed by atoms with Crippen molar-refractivity contribution < 1.29 is 9.53 Å². The minimum Gasteiger partial charge on any atom is -0.375 e. The molecule has 0 bridgehead atoms. The van der Waals surface area contributed by atoms with Crippen LogP contribution in [-0.2, 0) is 9.53 Å². The Hall–Kier alpha value is -2.54. The van der Waals surface area contributed by atoms with E-state index in [-0.39, 0.29) is 18.4 Å². The second-order valence-electron chi connectivity index (χ2n) is 6.20. The van der Waals surface area contributed by atoms with Crippen molar-refractivity contribution in [1.29, 1.82) is 0 Å². The molecule has 3 heterocycles. The summed E-state index contributed by atoms with van der Waals surface area (Å²) in [7, 11) is 1.54. The highest BCUT2D eigenvalue weighted by atomic mass is 16.5. The molecule has 0 unspecified atom stereocenters. The van der Waals surface area contributed by atoms with Crippen LogP contribution >= 0.6 is 0 Å². The predicted octanol–water partition coefficient (Wildman–Crippen LogP) is 2.28. The maximum absolute atomic E-state index is 12.1. The predicted molar refractivity (Wildman–Crippen MR) is 94.7 cm³/mol. The topological polar surface area (TPSA) is 80.2 Å². The molecule has 2 aromatic heterocycles. The number of nitrogens with one attached hydrogen (secondary N) is 1. The van der Waals surface area contributed by atoms with Crippen LogP contribution in [-0.4, -0.2) is 52.6 Å². The van der Waals surface area contributed by atoms with Crippen LogP contribution in [0.5, 0.6) is 0 Å². The Labute approximate surface area is 147 Å². The number of methoxy groups -OCH3 is 1. The fraction of sp³-hybridized carbons (Fsp3) is 0.444. The molecule has 132 valence electrons. The number of anilines is 2. The van der Waals surface area contributed by atoms with Gasteiger partial charge in [-0.1, -0.05) is 6.07 Å². The highest BCUT2D eigenvalue weighted by Crippen LogP contribution is 2.26. The van der Waals surface area contributed by atoms with Gasteiger partial charge in [0.1, 0.15) is 24.1 Å². The van der Waals surface area contributed by atoms with Gasteiger partial charge in [-0.25, -0.2) is 15.0 Å². The van der Waals surface area contributed by atoms with Crippen molar-refractivity contribution in [3.05, 3.63) is 42.0 Å². The zero-order valence-electron chi connectivity index (χ0n) is 14.6. The number of carbonyl (C=O) groups is 1. The fourth-order valence-electron chi connectivity index (χ4n) is 3.04. The Morgan fingerprint density at radius 3 is 3.00 bits per heavy atom. The molecule has 0 spiro atoms. The zero-order chi connectivity index (χ0) is 17.6. The van der Waals surface area contributed by atoms with Crippen molar-refractivity contribution in [1.82, 2.24) is 19.9 Å². The van der Waals surface area contributed by atoms with E-state index in [1.165, 1.54) is 0 Å². The fourth-order valence-corrected chi connectivity index (χ4v) is 3.04. The number of hydrogen-bond acceptors (Lipinski definition) is 6. The number of amides is 1. The summed E-state index contributed by atoms with van der Waals surface area (Å²) < 4.78 is 4.96. The maximum atomic E-state index is 12.1. The van der Waals surface area contributed by atoms with Gasteiger partial charge in [0.05, 0.1) is 0 Å². The Kier molecular flexibility index (Phi) is 5.55. The van der Waals surface area contributed by atoms with E-state index >= 15 is 0 Å². The van der Waals surface area contributed by atoms with Crippen LogP contribution in [0.25, 0.3) is 0 Å². The van der Waals surface area contributed by atoms with Gasteiger partial charge in [-0.15, -0.1) is 0 Å². The van der Waals surface area contributed by atoms with Gasteiger partial charge >= 0.3 is 0 Å². The molecular formula is C18H23N5O2. The molecule has 0 aliphatic carbocycles. The Balaban J connectivity index is 1.76. The second-order valence-corrected chi connectivity index (χ2v) is 6.20. The van der Waals surface area contributed by atoms with Crippen LogP contribution in [0.15, 0.2) is 30.5 Å². The first-order chi connectivity index (χ1) is 12.2. The lowest BCUT2D eigenvalue weighted by atomic mass is 9.97. The first-order valence-electron chi connectivity index (χ1n) is 8.46. The van der Waals surface area contributed by atoms with Crippen molar-refractivity contribution in [2.45, 2.75) is 25.7 Å². The van der Waals surface area contributed by atoms with Crippen LogP contribution in [0.2, 0.25) is 0 Å². The lowest BCUT2D eigenvalue weighted by Gasteiger charge is -2.32. The Morgan fingerprint density at radius 2 is 2.24 bits per heavy atom. The van der Waals surface area contributed by atoms with Crippen LogP contribution < -0.4 is 5.32 Å². The molecule has 7 nitrogen and oxygen atoms in total. The van der Waals surface area contributed by atoms with Gasteiger partial charge in [0.15, 0.2) is 0 Å². The van der Waals surface area contributed by atoms with E-state index in [9.17, 15) is 4.79 Å². The standard InChI is InChI=1S/C18H23N5O2/c1-13-10-16(21-15-7-3-4-8-19-15)22-18(20-13)14-6-5-9-23(11-14)17(24)12-25-2/h3-4,7-8,10,14H,5-6,9,11-12H2,1-2H3,(H,19,20,21,22)/t14-/m0/s1. The van der Waals surface area contributed by atoms with Crippen molar-refractivity contribution in [3.63, 3.8) is 0 Å². The third-order valence-corrected chi connectivity index (χ3v) is 4.20. The average Bonchev–Trinajstić information content (AvgIpc) is 2.62. The van der Waals surface area contributed by atoms with Gasteiger partial charge in [0.25, 0.3) is 0 Å². The largest absolute Gasteiger partial charge is 0.375 e. The van der Waals surface area contributed by atoms with Gasteiger partial charge in [-0.05, 0) is 31.9 Å². The number of aryl methyl sites for hydroxylation is 1. The molecule has 7 heteroatoms. The molecule has 1 fully saturated rings. The van der Waals surface area contributed by atoms with Crippen molar-refractivity contribution in [2.75, 3.05) is 32.1 Å². The molecule has 0 saturated carbocycles. The second kappa shape index (κ2) is 8.02. The van der Waals surface area contributed by atoms with Gasteiger partial charge < -0.3 is 15.0 Å². The van der Waals surface area contributed by atoms with Gasteiger partial charge in [-0.2, -0.15) is 0 Å². The number of rotatable bonds is 5. The highest BCUT2D eigenvalue weighted by Gasteiger charge is 2.26. The molecule has 1 aliphatic rings. The minimum atomic E-state index is 0.0201. The quantitative estimate of drug-likeness (QED) is 0.899. The number of piperidine rings is 1. The molecule has 1 N–H and O–H groups in total. The van der Waals surface area contributed by atoms with E-state index in [1.807, 2.05) is 36.1 Å². The molecule has 0 aromatic carbocycles. The van der Waals surface area contributed by atoms with Crippen LogP contribution in [0, 0.1) is 6.92 Å². The lowest BCUT2D eigenvalue weighted by Crippen LogP contribution is -2.41. The Morgan fingerprint density at radius 1 is 1.36 bits per heavy atom. The number of aromatic nitrogens is 3. The van der Waals surface area contributed by atoms with Gasteiger partial charge in [0, 0.05) is 44.1 Å². The monoisotopic (exact) mass is 341 g/mol. The summed E-state index contributed by atoms with van der Waals surface area (Å²) in [5.41, 5.74) is 0.892. The smallest absolute Gasteiger partial charge is 0.248 e. The normalized spacial score (nSPS) is 17.4. The number of nitrogens with zero attached hydrogens (tertiary/aromatic N) is 4. The van der Waals surface area contributed by atoms with E-state index < -0.39 is 0 Å². The number of hydrogen-bond donors (Lipinski definition) is 1. The molecule has 1 aliphatic heterocycles. The van der Waals surface area contributed by atoms with Crippen molar-refractivity contribution in [2.24, 2.45) is 0 Å². The van der Waals surface area contributed by atoms with E-state index in [1.54, 1.807) is 13.3 Å². The molecule has 1 atom stereocenters. The summed E-state index contributed by atoms with van der Waals surface area (Å²) in [6.07, 6.45) is 3.65. The van der Waals surface area contributed by atoms with Crippen LogP contribution in [0.1, 0.15) is 30.3 Å². The van der Waals surface area contributed by atoms with E-state index in [4.69, 9.17) is 4.74 Å². The molecular weight excluding hydrogens is 318 g/mol. The number of likely N-dealkylation sites (tertiary alicyclic amines) is 1. The SMILES string of the molecule is COCC(=O)N1CCC[C@H](c2nc(C)cc(Nc3ccccn3)n2)C1. The Bertz CT molecular complexity index is 723. The maximum Gasteiger partial charge on any atom is 0.248 e. The molecule has 25 heavy (non-hydrogen) atoms. The number of ether oxygens (including phenoxy) is 1. The molecule has 2 aromatic rings. The van der Waals surface area contributed by atoms with E-state index in [0.29, 0.717) is 6.54 Å². The molecule has 3 rings (SSSR count). The summed E-state index contributed by atoms with van der Waals surface area (Å²) in [5.74, 6) is 2.40. The van der Waals surface area contributed by atoms with Gasteiger partial charge in [-0.3, -0.25) is 4.79 Å². The zero-order valence-corrected chi connectivity index (χ0v) is 14.6. The average molecular weight is 341 g/mol. The number of carbonyl (C=O) groups excluding carboxylic acids is 1. The van der Waals surface area contributed by atoms with E-state index in [0.717, 1.165) is 42.5 Å². The summed E-state index contributed by atoms with van der Waals surface area (Å²) in [4.78, 5) is 27.5. The van der Waals surface area contributed by atoms with E-state index in [2.05, 4.69) is 20.3 Å². The molecule has 0 radical (unpaired) electrons. The highest BCUT2D eigenvalue weighted by molar-refractivity contribution is 5.77. The minimum absolute atomic E-state index is 0.0201. The summed E-state index contributed by atoms with van der Waals surface area (Å²) in [5, 5.41) is 3.22. The number of pyridine rings is 1. The van der Waals surface area contributed by atoms with Crippen LogP contribution in [0.4, 0.5) is 11.6 Å². The third kappa shape index (κ3) is 4.51. The summed E-state index contributed by atoms with van der Waals surface area (Å²) in [6, 6.07) is 7.58. The van der Waals surface area contributed by atoms with Gasteiger partial charge in [0.2, 0.25) is 5.91 Å². The molecule has 1 amide bonds. The lowest BCUT2D eigenvalue weighted by molar-refractivity contribution is -0.136. The molecule has 1 saturated heterocycles. The first kappa shape index (κ1) is 17.3.